The minimum atomic E-state index is -0.0389. The predicted molar refractivity (Wildman–Crippen MR) is 52.7 cm³/mol. The fraction of sp³-hybridized carbons (Fsp3) is 0.900. The maximum absolute atomic E-state index is 11.7. The highest BCUT2D eigenvalue weighted by atomic mass is 16.5. The molecule has 2 rings (SSSR count). The molecule has 0 aliphatic carbocycles. The van der Waals surface area contributed by atoms with Gasteiger partial charge in [0.05, 0.1) is 12.2 Å². The molecule has 1 amide bonds. The zero-order valence-corrected chi connectivity index (χ0v) is 8.61. The molecule has 80 valence electrons. The van der Waals surface area contributed by atoms with Gasteiger partial charge in [-0.15, -0.1) is 0 Å². The molecule has 0 aromatic rings. The van der Waals surface area contributed by atoms with Crippen LogP contribution in [0.25, 0.3) is 0 Å². The third-order valence-electron chi connectivity index (χ3n) is 2.89. The molecule has 2 aliphatic rings. The Morgan fingerprint density at radius 3 is 2.57 bits per heavy atom. The van der Waals surface area contributed by atoms with Crippen molar-refractivity contribution in [3.05, 3.63) is 0 Å². The summed E-state index contributed by atoms with van der Waals surface area (Å²) in [6, 6.07) is -0.0389. The van der Waals surface area contributed by atoms with Crippen LogP contribution in [0.4, 0.5) is 0 Å². The Kier molecular flexibility index (Phi) is 2.74. The lowest BCUT2D eigenvalue weighted by atomic mass is 10.2. The Balaban J connectivity index is 1.89. The second-order valence-corrected chi connectivity index (χ2v) is 4.44. The maximum atomic E-state index is 11.7. The molecule has 2 N–H and O–H groups in total. The van der Waals surface area contributed by atoms with E-state index >= 15 is 0 Å². The van der Waals surface area contributed by atoms with Gasteiger partial charge in [-0.25, -0.2) is 0 Å². The smallest absolute Gasteiger partial charge is 0.224 e. The van der Waals surface area contributed by atoms with E-state index in [1.54, 1.807) is 0 Å². The van der Waals surface area contributed by atoms with Gasteiger partial charge in [0.2, 0.25) is 5.91 Å². The van der Waals surface area contributed by atoms with Gasteiger partial charge in [0.25, 0.3) is 0 Å². The molecule has 2 aliphatic heterocycles. The average molecular weight is 198 g/mol. The van der Waals surface area contributed by atoms with Crippen LogP contribution in [-0.4, -0.2) is 42.1 Å². The molecule has 0 aromatic heterocycles. The highest BCUT2D eigenvalue weighted by Crippen LogP contribution is 2.26. The van der Waals surface area contributed by atoms with Crippen molar-refractivity contribution in [2.75, 3.05) is 13.1 Å². The van der Waals surface area contributed by atoms with E-state index in [9.17, 15) is 4.79 Å². The van der Waals surface area contributed by atoms with Crippen molar-refractivity contribution in [3.63, 3.8) is 0 Å². The van der Waals surface area contributed by atoms with Crippen molar-refractivity contribution >= 4 is 5.91 Å². The zero-order valence-electron chi connectivity index (χ0n) is 8.61. The Morgan fingerprint density at radius 2 is 2.07 bits per heavy atom. The highest BCUT2D eigenvalue weighted by Gasteiger charge is 2.35. The maximum Gasteiger partial charge on any atom is 0.224 e. The summed E-state index contributed by atoms with van der Waals surface area (Å²) in [6.07, 6.45) is 3.23. The molecule has 2 heterocycles. The van der Waals surface area contributed by atoms with E-state index in [0.717, 1.165) is 25.9 Å². The number of hydrogen-bond donors (Lipinski definition) is 1. The Morgan fingerprint density at radius 1 is 1.50 bits per heavy atom. The van der Waals surface area contributed by atoms with Gasteiger partial charge in [0, 0.05) is 25.6 Å². The van der Waals surface area contributed by atoms with Crippen molar-refractivity contribution < 1.29 is 9.53 Å². The van der Waals surface area contributed by atoms with Crippen LogP contribution in [-0.2, 0) is 9.53 Å². The van der Waals surface area contributed by atoms with Crippen LogP contribution in [0.5, 0.6) is 0 Å². The van der Waals surface area contributed by atoms with Crippen molar-refractivity contribution in [1.82, 2.24) is 4.90 Å². The molecule has 14 heavy (non-hydrogen) atoms. The zero-order chi connectivity index (χ0) is 10.1. The molecule has 0 radical (unpaired) electrons. The number of nitrogens with zero attached hydrogens (tertiary/aromatic N) is 1. The molecule has 3 unspecified atom stereocenters. The number of ether oxygens (including phenoxy) is 1. The van der Waals surface area contributed by atoms with Gasteiger partial charge in [-0.2, -0.15) is 0 Å². The van der Waals surface area contributed by atoms with Crippen LogP contribution in [0.1, 0.15) is 26.2 Å². The predicted octanol–water partition coefficient (Wildman–Crippen LogP) is 0.113. The number of amides is 1. The standard InChI is InChI=1S/C10H18N2O2/c1-7(11)4-10(13)12-5-8-2-3-9(6-12)14-8/h7-9H,2-6,11H2,1H3. The SMILES string of the molecule is CC(N)CC(=O)N1CC2CCC(C1)O2. The molecule has 4 heteroatoms. The average Bonchev–Trinajstić information content (AvgIpc) is 2.44. The molecule has 2 saturated heterocycles. The van der Waals surface area contributed by atoms with Crippen LogP contribution in [0.3, 0.4) is 0 Å². The van der Waals surface area contributed by atoms with Gasteiger partial charge in [-0.1, -0.05) is 0 Å². The van der Waals surface area contributed by atoms with Crippen molar-refractivity contribution in [2.45, 2.75) is 44.4 Å². The van der Waals surface area contributed by atoms with Crippen LogP contribution >= 0.6 is 0 Å². The van der Waals surface area contributed by atoms with Crippen LogP contribution in [0.15, 0.2) is 0 Å². The van der Waals surface area contributed by atoms with E-state index in [2.05, 4.69) is 0 Å². The van der Waals surface area contributed by atoms with E-state index in [1.165, 1.54) is 0 Å². The van der Waals surface area contributed by atoms with E-state index in [0.29, 0.717) is 6.42 Å². The topological polar surface area (TPSA) is 55.6 Å². The van der Waals surface area contributed by atoms with Gasteiger partial charge in [-0.3, -0.25) is 4.79 Å². The minimum absolute atomic E-state index is 0.0389. The first-order chi connectivity index (χ1) is 6.65. The lowest BCUT2D eigenvalue weighted by molar-refractivity contribution is -0.140. The van der Waals surface area contributed by atoms with E-state index in [4.69, 9.17) is 10.5 Å². The number of likely N-dealkylation sites (tertiary alicyclic amines) is 1. The molecular formula is C10H18N2O2. The summed E-state index contributed by atoms with van der Waals surface area (Å²) in [4.78, 5) is 13.6. The molecule has 0 aromatic carbocycles. The van der Waals surface area contributed by atoms with Gasteiger partial charge in [0.15, 0.2) is 0 Å². The molecule has 0 spiro atoms. The number of morpholine rings is 1. The Hall–Kier alpha value is -0.610. The largest absolute Gasteiger partial charge is 0.371 e. The fourth-order valence-corrected chi connectivity index (χ4v) is 2.22. The Bertz CT molecular complexity index is 218. The van der Waals surface area contributed by atoms with E-state index in [-0.39, 0.29) is 24.2 Å². The van der Waals surface area contributed by atoms with Crippen molar-refractivity contribution in [2.24, 2.45) is 5.73 Å². The molecule has 4 nitrogen and oxygen atoms in total. The lowest BCUT2D eigenvalue weighted by Crippen LogP contribution is -2.46. The summed E-state index contributed by atoms with van der Waals surface area (Å²) in [5, 5.41) is 0. The van der Waals surface area contributed by atoms with Gasteiger partial charge >= 0.3 is 0 Å². The quantitative estimate of drug-likeness (QED) is 0.685. The van der Waals surface area contributed by atoms with Crippen LogP contribution in [0.2, 0.25) is 0 Å². The van der Waals surface area contributed by atoms with Gasteiger partial charge in [-0.05, 0) is 19.8 Å². The van der Waals surface area contributed by atoms with E-state index in [1.807, 2.05) is 11.8 Å². The third kappa shape index (κ3) is 2.07. The first kappa shape index (κ1) is 9.93. The lowest BCUT2D eigenvalue weighted by Gasteiger charge is -2.32. The third-order valence-corrected chi connectivity index (χ3v) is 2.89. The first-order valence-electron chi connectivity index (χ1n) is 5.34. The molecule has 2 bridgehead atoms. The molecule has 2 fully saturated rings. The Labute approximate surface area is 84.4 Å². The summed E-state index contributed by atoms with van der Waals surface area (Å²) < 4.78 is 5.66. The first-order valence-corrected chi connectivity index (χ1v) is 5.34. The van der Waals surface area contributed by atoms with Crippen LogP contribution < -0.4 is 5.73 Å². The number of fused-ring (bicyclic) bond motifs is 2. The minimum Gasteiger partial charge on any atom is -0.371 e. The summed E-state index contributed by atoms with van der Waals surface area (Å²) in [7, 11) is 0. The highest BCUT2D eigenvalue weighted by molar-refractivity contribution is 5.77. The fourth-order valence-electron chi connectivity index (χ4n) is 2.22. The normalized spacial score (nSPS) is 33.1. The summed E-state index contributed by atoms with van der Waals surface area (Å²) in [5.74, 6) is 0.181. The summed E-state index contributed by atoms with van der Waals surface area (Å²) in [6.45, 7) is 3.40. The van der Waals surface area contributed by atoms with Crippen molar-refractivity contribution in [3.8, 4) is 0 Å². The number of nitrogens with two attached hydrogens (primary N) is 1. The second-order valence-electron chi connectivity index (χ2n) is 4.44. The summed E-state index contributed by atoms with van der Waals surface area (Å²) in [5.41, 5.74) is 5.61. The second kappa shape index (κ2) is 3.87. The summed E-state index contributed by atoms with van der Waals surface area (Å²) >= 11 is 0. The van der Waals surface area contributed by atoms with Gasteiger partial charge in [0.1, 0.15) is 0 Å². The van der Waals surface area contributed by atoms with Crippen molar-refractivity contribution in [1.29, 1.82) is 0 Å². The number of carbonyl (C=O) groups is 1. The molecule has 3 atom stereocenters. The van der Waals surface area contributed by atoms with Gasteiger partial charge < -0.3 is 15.4 Å². The molecular weight excluding hydrogens is 180 g/mol. The molecule has 0 saturated carbocycles. The van der Waals surface area contributed by atoms with Crippen LogP contribution in [0, 0.1) is 0 Å². The number of hydrogen-bond acceptors (Lipinski definition) is 3. The monoisotopic (exact) mass is 198 g/mol. The number of carbonyl (C=O) groups excluding carboxylic acids is 1. The number of rotatable bonds is 2. The van der Waals surface area contributed by atoms with E-state index < -0.39 is 0 Å².